The third kappa shape index (κ3) is 6.61. The van der Waals surface area contributed by atoms with Gasteiger partial charge in [-0.3, -0.25) is 4.79 Å². The molecule has 0 atom stereocenters. The largest absolute Gasteiger partial charge is 0.309 e. The highest BCUT2D eigenvalue weighted by Crippen LogP contribution is 2.30. The summed E-state index contributed by atoms with van der Waals surface area (Å²) in [4.78, 5) is 17.9. The Morgan fingerprint density at radius 2 is 1.90 bits per heavy atom. The van der Waals surface area contributed by atoms with Crippen LogP contribution in [0.3, 0.4) is 0 Å². The topological polar surface area (TPSA) is 72.7 Å². The van der Waals surface area contributed by atoms with E-state index in [2.05, 4.69) is 27.4 Å². The first-order chi connectivity index (χ1) is 15.0. The molecule has 0 fully saturated rings. The first kappa shape index (κ1) is 23.4. The predicted octanol–water partition coefficient (Wildman–Crippen LogP) is 5.63. The third-order valence-corrected chi connectivity index (χ3v) is 6.83. The highest BCUT2D eigenvalue weighted by molar-refractivity contribution is 7.99. The number of carbonyl (C=O) groups excluding carboxylic acids is 1. The number of hydrogen-bond donors (Lipinski definition) is 1. The Bertz CT molecular complexity index is 1000. The molecule has 1 aromatic carbocycles. The molecule has 1 amide bonds. The Morgan fingerprint density at radius 3 is 2.65 bits per heavy atom. The predicted molar refractivity (Wildman–Crippen MR) is 125 cm³/mol. The molecule has 0 aliphatic carbocycles. The molecule has 0 unspecified atom stereocenters. The van der Waals surface area contributed by atoms with Crippen LogP contribution in [0.1, 0.15) is 49.7 Å². The van der Waals surface area contributed by atoms with Crippen molar-refractivity contribution < 1.29 is 9.18 Å². The van der Waals surface area contributed by atoms with Crippen LogP contribution >= 0.6 is 23.1 Å². The van der Waals surface area contributed by atoms with Gasteiger partial charge < -0.3 is 9.88 Å². The molecular formula is C22H28FN5OS2. The van der Waals surface area contributed by atoms with Gasteiger partial charge in [-0.15, -0.1) is 21.5 Å². The normalized spacial score (nSPS) is 11.1. The molecule has 3 aromatic rings. The maximum atomic E-state index is 13.2. The van der Waals surface area contributed by atoms with E-state index in [9.17, 15) is 9.18 Å². The Labute approximate surface area is 190 Å². The first-order valence-corrected chi connectivity index (χ1v) is 12.3. The van der Waals surface area contributed by atoms with Crippen LogP contribution in [-0.2, 0) is 18.3 Å². The molecule has 6 nitrogen and oxygen atoms in total. The minimum absolute atomic E-state index is 0.145. The second-order valence-corrected chi connectivity index (χ2v) is 9.54. The number of nitrogens with one attached hydrogen (secondary N) is 1. The number of anilines is 1. The van der Waals surface area contributed by atoms with E-state index in [4.69, 9.17) is 0 Å². The van der Waals surface area contributed by atoms with Gasteiger partial charge in [-0.05, 0) is 37.6 Å². The van der Waals surface area contributed by atoms with Crippen LogP contribution in [-0.4, -0.2) is 31.4 Å². The van der Waals surface area contributed by atoms with Crippen molar-refractivity contribution >= 4 is 34.1 Å². The zero-order valence-electron chi connectivity index (χ0n) is 18.2. The number of benzene rings is 1. The number of nitrogens with zero attached hydrogens (tertiary/aromatic N) is 4. The van der Waals surface area contributed by atoms with Gasteiger partial charge >= 0.3 is 0 Å². The van der Waals surface area contributed by atoms with E-state index in [-0.39, 0.29) is 17.5 Å². The third-order valence-electron chi connectivity index (χ3n) is 4.92. The molecule has 0 saturated carbocycles. The van der Waals surface area contributed by atoms with Crippen LogP contribution in [0, 0.1) is 12.7 Å². The average molecular weight is 462 g/mol. The number of thiazole rings is 1. The number of aryl methyl sites for hydroxylation is 2. The van der Waals surface area contributed by atoms with Crippen LogP contribution in [0.4, 0.5) is 9.52 Å². The van der Waals surface area contributed by atoms with Gasteiger partial charge in [-0.1, -0.05) is 44.4 Å². The van der Waals surface area contributed by atoms with Gasteiger partial charge in [-0.25, -0.2) is 9.37 Å². The number of hydrogen-bond acceptors (Lipinski definition) is 6. The number of amides is 1. The lowest BCUT2D eigenvalue weighted by molar-refractivity contribution is -0.113. The maximum Gasteiger partial charge on any atom is 0.236 e. The summed E-state index contributed by atoms with van der Waals surface area (Å²) in [6.45, 7) is 4.15. The van der Waals surface area contributed by atoms with Crippen molar-refractivity contribution in [3.05, 3.63) is 40.8 Å². The number of unbranched alkanes of at least 4 members (excludes halogenated alkanes) is 4. The molecule has 0 saturated heterocycles. The number of carbonyl (C=O) groups is 1. The fraction of sp³-hybridized carbons (Fsp3) is 0.455. The van der Waals surface area contributed by atoms with Crippen LogP contribution in [0.5, 0.6) is 0 Å². The number of halogens is 1. The quantitative estimate of drug-likeness (QED) is 0.296. The van der Waals surface area contributed by atoms with Gasteiger partial charge in [-0.2, -0.15) is 0 Å². The van der Waals surface area contributed by atoms with Crippen molar-refractivity contribution in [2.24, 2.45) is 7.05 Å². The molecule has 0 radical (unpaired) electrons. The molecule has 9 heteroatoms. The summed E-state index contributed by atoms with van der Waals surface area (Å²) in [5.41, 5.74) is 1.58. The van der Waals surface area contributed by atoms with Crippen molar-refractivity contribution in [2.75, 3.05) is 11.1 Å². The van der Waals surface area contributed by atoms with E-state index in [1.807, 2.05) is 18.5 Å². The van der Waals surface area contributed by atoms with E-state index in [0.29, 0.717) is 5.13 Å². The minimum Gasteiger partial charge on any atom is -0.309 e. The summed E-state index contributed by atoms with van der Waals surface area (Å²) in [5.74, 6) is 0.755. The monoisotopic (exact) mass is 461 g/mol. The lowest BCUT2D eigenvalue weighted by Crippen LogP contribution is -2.14. The molecular weight excluding hydrogens is 433 g/mol. The molecule has 2 heterocycles. The summed E-state index contributed by atoms with van der Waals surface area (Å²) in [5, 5.41) is 12.6. The van der Waals surface area contributed by atoms with Crippen LogP contribution in [0.2, 0.25) is 0 Å². The van der Waals surface area contributed by atoms with Gasteiger partial charge in [0.2, 0.25) is 5.91 Å². The van der Waals surface area contributed by atoms with Crippen molar-refractivity contribution in [3.8, 4) is 11.3 Å². The van der Waals surface area contributed by atoms with E-state index < -0.39 is 0 Å². The highest BCUT2D eigenvalue weighted by Gasteiger charge is 2.14. The Balaban J connectivity index is 1.51. The van der Waals surface area contributed by atoms with Gasteiger partial charge in [0.1, 0.15) is 11.6 Å². The number of thioether (sulfide) groups is 1. The van der Waals surface area contributed by atoms with Gasteiger partial charge in [0.25, 0.3) is 0 Å². The molecule has 166 valence electrons. The van der Waals surface area contributed by atoms with Gasteiger partial charge in [0.05, 0.1) is 11.4 Å². The fourth-order valence-electron chi connectivity index (χ4n) is 3.19. The molecule has 0 aliphatic rings. The summed E-state index contributed by atoms with van der Waals surface area (Å²) in [7, 11) is 1.95. The molecule has 31 heavy (non-hydrogen) atoms. The van der Waals surface area contributed by atoms with E-state index in [1.165, 1.54) is 60.9 Å². The Hall–Kier alpha value is -2.26. The fourth-order valence-corrected chi connectivity index (χ4v) is 4.77. The molecule has 0 aliphatic heterocycles. The number of aromatic nitrogens is 4. The van der Waals surface area contributed by atoms with Gasteiger partial charge in [0, 0.05) is 23.9 Å². The maximum absolute atomic E-state index is 13.2. The highest BCUT2D eigenvalue weighted by atomic mass is 32.2. The smallest absolute Gasteiger partial charge is 0.236 e. The average Bonchev–Trinajstić information content (AvgIpc) is 3.29. The van der Waals surface area contributed by atoms with Gasteiger partial charge in [0.15, 0.2) is 10.3 Å². The first-order valence-electron chi connectivity index (χ1n) is 10.5. The zero-order chi connectivity index (χ0) is 22.2. The molecule has 0 bridgehead atoms. The van der Waals surface area contributed by atoms with E-state index in [1.54, 1.807) is 12.1 Å². The molecule has 2 aromatic heterocycles. The standard InChI is InChI=1S/C22H28FN5OS2/c1-4-5-6-7-8-9-18-26-27-22(28(18)3)30-14-19(29)24-21-25-20(15(2)31-21)16-10-12-17(23)13-11-16/h10-13H,4-9,14H2,1-3H3,(H,24,25,29). The van der Waals surface area contributed by atoms with E-state index in [0.717, 1.165) is 40.0 Å². The van der Waals surface area contributed by atoms with Crippen molar-refractivity contribution in [2.45, 2.75) is 57.5 Å². The van der Waals surface area contributed by atoms with E-state index >= 15 is 0 Å². The Kier molecular flexibility index (Phi) is 8.60. The van der Waals surface area contributed by atoms with Crippen molar-refractivity contribution in [1.29, 1.82) is 0 Å². The summed E-state index contributed by atoms with van der Waals surface area (Å²) < 4.78 is 15.1. The summed E-state index contributed by atoms with van der Waals surface area (Å²) in [6, 6.07) is 6.19. The Morgan fingerprint density at radius 1 is 1.16 bits per heavy atom. The molecule has 1 N–H and O–H groups in total. The van der Waals surface area contributed by atoms with Crippen LogP contribution < -0.4 is 5.32 Å². The SMILES string of the molecule is CCCCCCCc1nnc(SCC(=O)Nc2nc(-c3ccc(F)cc3)c(C)s2)n1C. The lowest BCUT2D eigenvalue weighted by Gasteiger charge is -2.04. The summed E-state index contributed by atoms with van der Waals surface area (Å²) >= 11 is 2.77. The molecule has 0 spiro atoms. The minimum atomic E-state index is -0.286. The van der Waals surface area contributed by atoms with Crippen LogP contribution in [0.25, 0.3) is 11.3 Å². The second-order valence-electron chi connectivity index (χ2n) is 7.39. The van der Waals surface area contributed by atoms with Crippen molar-refractivity contribution in [3.63, 3.8) is 0 Å². The van der Waals surface area contributed by atoms with Crippen molar-refractivity contribution in [1.82, 2.24) is 19.7 Å². The molecule has 3 rings (SSSR count). The number of rotatable bonds is 11. The zero-order valence-corrected chi connectivity index (χ0v) is 19.8. The lowest BCUT2D eigenvalue weighted by atomic mass is 10.1. The second kappa shape index (κ2) is 11.4. The summed E-state index contributed by atoms with van der Waals surface area (Å²) in [6.07, 6.45) is 7.00. The van der Waals surface area contributed by atoms with Crippen LogP contribution in [0.15, 0.2) is 29.4 Å².